The summed E-state index contributed by atoms with van der Waals surface area (Å²) >= 11 is 0. The quantitative estimate of drug-likeness (QED) is 0.610. The second-order valence-electron chi connectivity index (χ2n) is 2.57. The lowest BCUT2D eigenvalue weighted by Gasteiger charge is -2.25. The van der Waals surface area contributed by atoms with Crippen LogP contribution in [0.3, 0.4) is 0 Å². The van der Waals surface area contributed by atoms with Gasteiger partial charge in [-0.3, -0.25) is 9.63 Å². The third kappa shape index (κ3) is 2.48. The van der Waals surface area contributed by atoms with Crippen LogP contribution >= 0.6 is 0 Å². The van der Waals surface area contributed by atoms with Crippen LogP contribution in [0.5, 0.6) is 0 Å². The Bertz CT molecular complexity index is 132. The summed E-state index contributed by atoms with van der Waals surface area (Å²) in [4.78, 5) is 16.2. The lowest BCUT2D eigenvalue weighted by Crippen LogP contribution is -2.36. The Morgan fingerprint density at radius 2 is 2.36 bits per heavy atom. The highest BCUT2D eigenvalue weighted by molar-refractivity contribution is 5.75. The summed E-state index contributed by atoms with van der Waals surface area (Å²) in [5.41, 5.74) is 5.23. The Balaban J connectivity index is 2.27. The number of carbonyl (C=O) groups is 1. The lowest BCUT2D eigenvalue weighted by atomic mass is 10.3. The molecule has 1 rings (SSSR count). The molecule has 1 aliphatic rings. The van der Waals surface area contributed by atoms with Crippen LogP contribution in [-0.4, -0.2) is 30.7 Å². The second kappa shape index (κ2) is 4.31. The van der Waals surface area contributed by atoms with Crippen LogP contribution in [0, 0.1) is 0 Å². The maximum Gasteiger partial charge on any atom is 0.247 e. The Hall–Kier alpha value is -0.610. The minimum Gasteiger partial charge on any atom is -0.330 e. The van der Waals surface area contributed by atoms with E-state index in [1.165, 1.54) is 5.06 Å². The van der Waals surface area contributed by atoms with E-state index in [4.69, 9.17) is 10.6 Å². The minimum absolute atomic E-state index is 0.00667. The predicted octanol–water partition coefficient (Wildman–Crippen LogP) is -0.111. The third-order valence-corrected chi connectivity index (χ3v) is 1.64. The fraction of sp³-hybridized carbons (Fsp3) is 0.857. The van der Waals surface area contributed by atoms with E-state index >= 15 is 0 Å². The van der Waals surface area contributed by atoms with Gasteiger partial charge in [0.2, 0.25) is 5.91 Å². The minimum atomic E-state index is 0.00667. The maximum absolute atomic E-state index is 11.1. The zero-order valence-electron chi connectivity index (χ0n) is 6.58. The Kier molecular flexibility index (Phi) is 3.32. The molecule has 1 amide bonds. The van der Waals surface area contributed by atoms with Gasteiger partial charge in [0.1, 0.15) is 0 Å². The summed E-state index contributed by atoms with van der Waals surface area (Å²) in [7, 11) is 0. The van der Waals surface area contributed by atoms with Gasteiger partial charge in [-0.1, -0.05) is 0 Å². The normalized spacial score (nSPS) is 18.5. The van der Waals surface area contributed by atoms with E-state index in [2.05, 4.69) is 0 Å². The average Bonchev–Trinajstić information content (AvgIpc) is 2.07. The average molecular weight is 158 g/mol. The number of hydrogen-bond donors (Lipinski definition) is 1. The molecular formula is C7H14N2O2. The van der Waals surface area contributed by atoms with Crippen LogP contribution in [0.25, 0.3) is 0 Å². The molecule has 0 atom stereocenters. The van der Waals surface area contributed by atoms with Crippen molar-refractivity contribution in [3.63, 3.8) is 0 Å². The first-order valence-electron chi connectivity index (χ1n) is 3.98. The van der Waals surface area contributed by atoms with Crippen LogP contribution in [0.1, 0.15) is 19.3 Å². The SMILES string of the molecule is NCCC(=O)N1CCCCO1. The van der Waals surface area contributed by atoms with Crippen molar-refractivity contribution in [1.82, 2.24) is 5.06 Å². The van der Waals surface area contributed by atoms with Gasteiger partial charge < -0.3 is 5.73 Å². The van der Waals surface area contributed by atoms with Gasteiger partial charge >= 0.3 is 0 Å². The van der Waals surface area contributed by atoms with Crippen molar-refractivity contribution in [3.05, 3.63) is 0 Å². The predicted molar refractivity (Wildman–Crippen MR) is 40.6 cm³/mol. The number of rotatable bonds is 2. The van der Waals surface area contributed by atoms with Crippen molar-refractivity contribution in [2.24, 2.45) is 5.73 Å². The molecule has 0 aromatic rings. The fourth-order valence-corrected chi connectivity index (χ4v) is 1.04. The molecule has 0 saturated carbocycles. The van der Waals surface area contributed by atoms with Crippen molar-refractivity contribution < 1.29 is 9.63 Å². The lowest BCUT2D eigenvalue weighted by molar-refractivity contribution is -0.196. The molecule has 2 N–H and O–H groups in total. The number of hydroxylamine groups is 2. The first kappa shape index (κ1) is 8.49. The van der Waals surface area contributed by atoms with Gasteiger partial charge in [0.15, 0.2) is 0 Å². The molecule has 1 fully saturated rings. The standard InChI is InChI=1S/C7H14N2O2/c8-4-3-7(10)9-5-1-2-6-11-9/h1-6,8H2. The zero-order chi connectivity index (χ0) is 8.10. The highest BCUT2D eigenvalue weighted by Gasteiger charge is 2.15. The number of amides is 1. The summed E-state index contributed by atoms with van der Waals surface area (Å²) in [6.45, 7) is 1.79. The van der Waals surface area contributed by atoms with E-state index < -0.39 is 0 Å². The van der Waals surface area contributed by atoms with Crippen molar-refractivity contribution in [2.45, 2.75) is 19.3 Å². The summed E-state index contributed by atoms with van der Waals surface area (Å²) in [6.07, 6.45) is 2.47. The topological polar surface area (TPSA) is 55.6 Å². The van der Waals surface area contributed by atoms with E-state index in [1.807, 2.05) is 0 Å². The van der Waals surface area contributed by atoms with Crippen molar-refractivity contribution >= 4 is 5.91 Å². The van der Waals surface area contributed by atoms with E-state index in [0.717, 1.165) is 19.4 Å². The van der Waals surface area contributed by atoms with Gasteiger partial charge in [-0.25, -0.2) is 5.06 Å². The summed E-state index contributed by atoms with van der Waals surface area (Å²) in [5.74, 6) is 0.00667. The molecule has 1 saturated heterocycles. The fourth-order valence-electron chi connectivity index (χ4n) is 1.04. The van der Waals surface area contributed by atoms with Gasteiger partial charge in [-0.15, -0.1) is 0 Å². The van der Waals surface area contributed by atoms with Gasteiger partial charge in [-0.05, 0) is 12.8 Å². The Morgan fingerprint density at radius 1 is 1.55 bits per heavy atom. The first-order valence-corrected chi connectivity index (χ1v) is 3.98. The largest absolute Gasteiger partial charge is 0.330 e. The molecule has 1 heterocycles. The van der Waals surface area contributed by atoms with E-state index in [0.29, 0.717) is 19.6 Å². The molecule has 0 radical (unpaired) electrons. The zero-order valence-corrected chi connectivity index (χ0v) is 6.58. The summed E-state index contributed by atoms with van der Waals surface area (Å²) in [6, 6.07) is 0. The molecule has 0 aromatic heterocycles. The summed E-state index contributed by atoms with van der Waals surface area (Å²) in [5, 5.41) is 1.43. The molecule has 0 bridgehead atoms. The molecule has 4 nitrogen and oxygen atoms in total. The van der Waals surface area contributed by atoms with E-state index in [1.54, 1.807) is 0 Å². The Labute approximate surface area is 66.3 Å². The van der Waals surface area contributed by atoms with Gasteiger partial charge in [0.05, 0.1) is 6.61 Å². The number of nitrogens with two attached hydrogens (primary N) is 1. The van der Waals surface area contributed by atoms with Crippen LogP contribution in [0.15, 0.2) is 0 Å². The Morgan fingerprint density at radius 3 is 2.91 bits per heavy atom. The van der Waals surface area contributed by atoms with E-state index in [-0.39, 0.29) is 5.91 Å². The van der Waals surface area contributed by atoms with Crippen molar-refractivity contribution in [1.29, 1.82) is 0 Å². The van der Waals surface area contributed by atoms with Crippen LogP contribution < -0.4 is 5.73 Å². The molecule has 11 heavy (non-hydrogen) atoms. The highest BCUT2D eigenvalue weighted by Crippen LogP contribution is 2.06. The van der Waals surface area contributed by atoms with Crippen molar-refractivity contribution in [2.75, 3.05) is 19.7 Å². The maximum atomic E-state index is 11.1. The molecule has 64 valence electrons. The number of nitrogens with zero attached hydrogens (tertiary/aromatic N) is 1. The molecule has 0 spiro atoms. The van der Waals surface area contributed by atoms with Crippen LogP contribution in [0.2, 0.25) is 0 Å². The van der Waals surface area contributed by atoms with Gasteiger partial charge in [0, 0.05) is 19.5 Å². The van der Waals surface area contributed by atoms with Gasteiger partial charge in [-0.2, -0.15) is 0 Å². The molecule has 0 unspecified atom stereocenters. The second-order valence-corrected chi connectivity index (χ2v) is 2.57. The molecule has 0 aromatic carbocycles. The highest BCUT2D eigenvalue weighted by atomic mass is 16.7. The van der Waals surface area contributed by atoms with Crippen molar-refractivity contribution in [3.8, 4) is 0 Å². The van der Waals surface area contributed by atoms with Crippen LogP contribution in [-0.2, 0) is 9.63 Å². The smallest absolute Gasteiger partial charge is 0.247 e. The summed E-state index contributed by atoms with van der Waals surface area (Å²) < 4.78 is 0. The molecule has 4 heteroatoms. The van der Waals surface area contributed by atoms with E-state index in [9.17, 15) is 4.79 Å². The molecule has 0 aliphatic carbocycles. The monoisotopic (exact) mass is 158 g/mol. The van der Waals surface area contributed by atoms with Crippen LogP contribution in [0.4, 0.5) is 0 Å². The molecule has 1 aliphatic heterocycles. The number of carbonyl (C=O) groups excluding carboxylic acids is 1. The number of hydrogen-bond acceptors (Lipinski definition) is 3. The molecular weight excluding hydrogens is 144 g/mol. The first-order chi connectivity index (χ1) is 5.34. The third-order valence-electron chi connectivity index (χ3n) is 1.64. The van der Waals surface area contributed by atoms with Gasteiger partial charge in [0.25, 0.3) is 0 Å².